The summed E-state index contributed by atoms with van der Waals surface area (Å²) >= 11 is 0. The van der Waals surface area contributed by atoms with Crippen LogP contribution in [-0.4, -0.2) is 31.3 Å². The summed E-state index contributed by atoms with van der Waals surface area (Å²) < 4.78 is 25.0. The topological polar surface area (TPSA) is 105 Å². The van der Waals surface area contributed by atoms with Gasteiger partial charge in [-0.25, -0.2) is 13.1 Å². The molecule has 0 heterocycles. The Morgan fingerprint density at radius 3 is 2.53 bits per heavy atom. The lowest BCUT2D eigenvalue weighted by Crippen LogP contribution is -2.31. The summed E-state index contributed by atoms with van der Waals surface area (Å²) in [4.78, 5) is 0. The van der Waals surface area contributed by atoms with Crippen molar-refractivity contribution >= 4 is 15.9 Å². The van der Waals surface area contributed by atoms with E-state index in [1.165, 1.54) is 0 Å². The van der Waals surface area contributed by atoms with Crippen molar-refractivity contribution in [1.82, 2.24) is 4.72 Å². The number of rotatable bonds is 7. The molecular weight excluding hydrogens is 218 g/mol. The Morgan fingerprint density at radius 1 is 1.47 bits per heavy atom. The minimum absolute atomic E-state index is 0.168. The predicted octanol–water partition coefficient (Wildman–Crippen LogP) is 0.231. The van der Waals surface area contributed by atoms with Crippen LogP contribution >= 0.6 is 0 Å². The molecule has 0 aliphatic rings. The molecule has 7 heteroatoms. The highest BCUT2D eigenvalue weighted by molar-refractivity contribution is 7.90. The van der Waals surface area contributed by atoms with Gasteiger partial charge in [0.1, 0.15) is 5.84 Å². The third-order valence-electron chi connectivity index (χ3n) is 1.91. The predicted molar refractivity (Wildman–Crippen MR) is 59.3 cm³/mol. The quantitative estimate of drug-likeness (QED) is 0.194. The third-order valence-corrected chi connectivity index (χ3v) is 3.76. The molecule has 0 rings (SSSR count). The van der Waals surface area contributed by atoms with Crippen LogP contribution in [0.4, 0.5) is 0 Å². The third kappa shape index (κ3) is 6.29. The number of sulfonamides is 1. The van der Waals surface area contributed by atoms with E-state index >= 15 is 0 Å². The zero-order valence-corrected chi connectivity index (χ0v) is 9.92. The van der Waals surface area contributed by atoms with Gasteiger partial charge in [0.25, 0.3) is 0 Å². The standard InChI is InChI=1S/C8H19N3O3S/c1-7(2)15(13,14)10-6-4-3-5-8(9)11-12/h7,10,12H,3-6H2,1-2H3,(H2,9,11). The van der Waals surface area contributed by atoms with Crippen LogP contribution in [0.2, 0.25) is 0 Å². The molecule has 0 unspecified atom stereocenters. The number of nitrogens with zero attached hydrogens (tertiary/aromatic N) is 1. The number of unbranched alkanes of at least 4 members (excludes halogenated alkanes) is 1. The molecule has 15 heavy (non-hydrogen) atoms. The fourth-order valence-electron chi connectivity index (χ4n) is 0.862. The Morgan fingerprint density at radius 2 is 2.07 bits per heavy atom. The first-order valence-corrected chi connectivity index (χ1v) is 6.39. The maximum absolute atomic E-state index is 11.3. The fraction of sp³-hybridized carbons (Fsp3) is 0.875. The molecule has 0 amide bonds. The molecule has 0 aromatic carbocycles. The molecular formula is C8H19N3O3S. The van der Waals surface area contributed by atoms with Crippen LogP contribution in [0.25, 0.3) is 0 Å². The van der Waals surface area contributed by atoms with Crippen molar-refractivity contribution in [3.8, 4) is 0 Å². The zero-order valence-electron chi connectivity index (χ0n) is 9.10. The van der Waals surface area contributed by atoms with Crippen molar-refractivity contribution in [3.05, 3.63) is 0 Å². The minimum atomic E-state index is -3.17. The van der Waals surface area contributed by atoms with Crippen molar-refractivity contribution in [2.45, 2.75) is 38.4 Å². The monoisotopic (exact) mass is 237 g/mol. The fourth-order valence-corrected chi connectivity index (χ4v) is 1.62. The normalized spacial score (nSPS) is 13.4. The molecule has 0 aromatic rings. The molecule has 4 N–H and O–H groups in total. The molecule has 90 valence electrons. The van der Waals surface area contributed by atoms with Crippen LogP contribution in [0, 0.1) is 0 Å². The number of hydrogen-bond donors (Lipinski definition) is 3. The van der Waals surface area contributed by atoms with Crippen molar-refractivity contribution in [3.63, 3.8) is 0 Å². The van der Waals surface area contributed by atoms with E-state index in [9.17, 15) is 8.42 Å². The van der Waals surface area contributed by atoms with Gasteiger partial charge in [0.2, 0.25) is 10.0 Å². The van der Waals surface area contributed by atoms with Gasteiger partial charge in [-0.2, -0.15) is 0 Å². The van der Waals surface area contributed by atoms with Gasteiger partial charge in [-0.1, -0.05) is 5.16 Å². The van der Waals surface area contributed by atoms with Gasteiger partial charge in [-0.15, -0.1) is 0 Å². The van der Waals surface area contributed by atoms with Gasteiger partial charge < -0.3 is 10.9 Å². The van der Waals surface area contributed by atoms with Crippen LogP contribution in [-0.2, 0) is 10.0 Å². The van der Waals surface area contributed by atoms with Crippen molar-refractivity contribution in [1.29, 1.82) is 0 Å². The molecule has 0 aliphatic heterocycles. The Balaban J connectivity index is 3.65. The molecule has 0 saturated heterocycles. The molecule has 0 aliphatic carbocycles. The van der Waals surface area contributed by atoms with E-state index in [4.69, 9.17) is 10.9 Å². The van der Waals surface area contributed by atoms with E-state index in [1.807, 2.05) is 0 Å². The average Bonchev–Trinajstić information content (AvgIpc) is 2.16. The Kier molecular flexibility index (Phi) is 6.26. The number of nitrogens with one attached hydrogen (secondary N) is 1. The number of nitrogens with two attached hydrogens (primary N) is 1. The summed E-state index contributed by atoms with van der Waals surface area (Å²) in [6.45, 7) is 3.64. The van der Waals surface area contributed by atoms with Crippen molar-refractivity contribution in [2.75, 3.05) is 6.54 Å². The molecule has 0 bridgehead atoms. The summed E-state index contributed by atoms with van der Waals surface area (Å²) in [6.07, 6.45) is 1.83. The van der Waals surface area contributed by atoms with E-state index in [0.717, 1.165) is 0 Å². The SMILES string of the molecule is CC(C)S(=O)(=O)NCCCCC(N)=NO. The van der Waals surface area contributed by atoms with Crippen molar-refractivity contribution in [2.24, 2.45) is 10.9 Å². The minimum Gasteiger partial charge on any atom is -0.409 e. The zero-order chi connectivity index (χ0) is 11.9. The maximum atomic E-state index is 11.3. The van der Waals surface area contributed by atoms with Gasteiger partial charge in [-0.05, 0) is 26.7 Å². The van der Waals surface area contributed by atoms with E-state index in [-0.39, 0.29) is 5.84 Å². The smallest absolute Gasteiger partial charge is 0.213 e. The molecule has 0 spiro atoms. The Hall–Kier alpha value is -0.820. The largest absolute Gasteiger partial charge is 0.409 e. The van der Waals surface area contributed by atoms with Gasteiger partial charge in [0.05, 0.1) is 5.25 Å². The maximum Gasteiger partial charge on any atom is 0.213 e. The highest BCUT2D eigenvalue weighted by Gasteiger charge is 2.13. The number of oxime groups is 1. The van der Waals surface area contributed by atoms with Crippen LogP contribution in [0.1, 0.15) is 33.1 Å². The lowest BCUT2D eigenvalue weighted by molar-refractivity contribution is 0.316. The second-order valence-corrected chi connectivity index (χ2v) is 5.86. The van der Waals surface area contributed by atoms with Crippen LogP contribution in [0.3, 0.4) is 0 Å². The van der Waals surface area contributed by atoms with E-state index < -0.39 is 15.3 Å². The van der Waals surface area contributed by atoms with Gasteiger partial charge in [-0.3, -0.25) is 0 Å². The molecule has 0 saturated carbocycles. The highest BCUT2D eigenvalue weighted by Crippen LogP contribution is 1.98. The van der Waals surface area contributed by atoms with Crippen LogP contribution < -0.4 is 10.5 Å². The summed E-state index contributed by atoms with van der Waals surface area (Å²) in [6, 6.07) is 0. The second-order valence-electron chi connectivity index (χ2n) is 3.54. The molecule has 0 fully saturated rings. The summed E-state index contributed by atoms with van der Waals surface area (Å²) in [5, 5.41) is 10.6. The molecule has 0 atom stereocenters. The summed E-state index contributed by atoms with van der Waals surface area (Å²) in [5.41, 5.74) is 5.25. The first kappa shape index (κ1) is 14.2. The van der Waals surface area contributed by atoms with E-state index in [0.29, 0.717) is 25.8 Å². The van der Waals surface area contributed by atoms with E-state index in [2.05, 4.69) is 9.88 Å². The molecule has 0 radical (unpaired) electrons. The molecule has 0 aromatic heterocycles. The summed E-state index contributed by atoms with van der Waals surface area (Å²) in [7, 11) is -3.17. The van der Waals surface area contributed by atoms with Crippen LogP contribution in [0.15, 0.2) is 5.16 Å². The molecule has 6 nitrogen and oxygen atoms in total. The number of amidine groups is 1. The summed E-state index contributed by atoms with van der Waals surface area (Å²) in [5.74, 6) is 0.168. The van der Waals surface area contributed by atoms with Gasteiger partial charge in [0.15, 0.2) is 0 Å². The second kappa shape index (κ2) is 6.62. The van der Waals surface area contributed by atoms with Crippen molar-refractivity contribution < 1.29 is 13.6 Å². The lowest BCUT2D eigenvalue weighted by atomic mass is 10.2. The van der Waals surface area contributed by atoms with E-state index in [1.54, 1.807) is 13.8 Å². The Labute approximate surface area is 90.6 Å². The highest BCUT2D eigenvalue weighted by atomic mass is 32.2. The first-order valence-electron chi connectivity index (χ1n) is 4.85. The lowest BCUT2D eigenvalue weighted by Gasteiger charge is -2.08. The van der Waals surface area contributed by atoms with Gasteiger partial charge >= 0.3 is 0 Å². The first-order chi connectivity index (χ1) is 6.90. The van der Waals surface area contributed by atoms with Crippen LogP contribution in [0.5, 0.6) is 0 Å². The Bertz CT molecular complexity index is 298. The average molecular weight is 237 g/mol. The van der Waals surface area contributed by atoms with Gasteiger partial charge in [0, 0.05) is 13.0 Å². The number of hydrogen-bond acceptors (Lipinski definition) is 4.